The molecule has 100 valence electrons. The number of nitro benzene ring substituents is 1. The first-order valence-corrected chi connectivity index (χ1v) is 5.48. The molecule has 0 saturated carbocycles. The summed E-state index contributed by atoms with van der Waals surface area (Å²) in [6, 6.07) is 4.13. The largest absolute Gasteiger partial charge is 0.397 e. The lowest BCUT2D eigenvalue weighted by molar-refractivity contribution is -0.384. The highest BCUT2D eigenvalue weighted by molar-refractivity contribution is 5.69. The summed E-state index contributed by atoms with van der Waals surface area (Å²) in [6.07, 6.45) is 0.504. The maximum atomic E-state index is 10.6. The average molecular weight is 255 g/mol. The average Bonchev–Trinajstić information content (AvgIpc) is 2.32. The van der Waals surface area contributed by atoms with Crippen molar-refractivity contribution in [2.24, 2.45) is 0 Å². The number of hydrogen-bond donors (Lipinski definition) is 3. The predicted octanol–water partition coefficient (Wildman–Crippen LogP) is 0.986. The number of nitrogens with zero attached hydrogens (tertiary/aromatic N) is 1. The standard InChI is InChI=1S/C11H17N3O4/c1-18-7-8(4-5-15)13-11-3-2-9(14(16)17)6-10(11)12/h2-3,6,8,13,15H,4-5,7,12H2,1H3. The molecule has 4 N–H and O–H groups in total. The van der Waals surface area contributed by atoms with E-state index < -0.39 is 4.92 Å². The number of nitrogen functional groups attached to an aromatic ring is 1. The molecule has 0 aliphatic carbocycles. The van der Waals surface area contributed by atoms with Crippen LogP contribution < -0.4 is 11.1 Å². The van der Waals surface area contributed by atoms with Gasteiger partial charge in [-0.25, -0.2) is 0 Å². The van der Waals surface area contributed by atoms with Crippen LogP contribution in [0, 0.1) is 10.1 Å². The Bertz CT molecular complexity index is 405. The summed E-state index contributed by atoms with van der Waals surface area (Å²) < 4.78 is 5.01. The molecule has 0 spiro atoms. The SMILES string of the molecule is COCC(CCO)Nc1ccc([N+](=O)[O-])cc1N. The van der Waals surface area contributed by atoms with E-state index in [2.05, 4.69) is 5.32 Å². The summed E-state index contributed by atoms with van der Waals surface area (Å²) in [6.45, 7) is 0.435. The maximum absolute atomic E-state index is 10.6. The van der Waals surface area contributed by atoms with Crippen LogP contribution in [0.2, 0.25) is 0 Å². The molecule has 0 bridgehead atoms. The molecule has 0 saturated heterocycles. The van der Waals surface area contributed by atoms with Crippen LogP contribution in [0.25, 0.3) is 0 Å². The monoisotopic (exact) mass is 255 g/mol. The highest BCUT2D eigenvalue weighted by atomic mass is 16.6. The van der Waals surface area contributed by atoms with E-state index in [-0.39, 0.29) is 18.3 Å². The highest BCUT2D eigenvalue weighted by Gasteiger charge is 2.12. The molecule has 7 nitrogen and oxygen atoms in total. The quantitative estimate of drug-likeness (QED) is 0.380. The second kappa shape index (κ2) is 6.77. The van der Waals surface area contributed by atoms with Crippen LogP contribution >= 0.6 is 0 Å². The van der Waals surface area contributed by atoms with E-state index in [1.807, 2.05) is 0 Å². The van der Waals surface area contributed by atoms with Crippen molar-refractivity contribution in [2.45, 2.75) is 12.5 Å². The summed E-state index contributed by atoms with van der Waals surface area (Å²) in [5, 5.41) is 22.6. The second-order valence-electron chi connectivity index (χ2n) is 3.84. The summed E-state index contributed by atoms with van der Waals surface area (Å²) in [4.78, 5) is 10.1. The molecule has 1 rings (SSSR count). The van der Waals surface area contributed by atoms with Crippen molar-refractivity contribution in [3.05, 3.63) is 28.3 Å². The third kappa shape index (κ3) is 3.86. The van der Waals surface area contributed by atoms with Crippen molar-refractivity contribution in [3.8, 4) is 0 Å². The third-order valence-corrected chi connectivity index (χ3v) is 2.45. The fourth-order valence-corrected chi connectivity index (χ4v) is 1.57. The molecule has 0 amide bonds. The van der Waals surface area contributed by atoms with Gasteiger partial charge in [0.05, 0.1) is 28.9 Å². The van der Waals surface area contributed by atoms with Crippen LogP contribution in [0.5, 0.6) is 0 Å². The van der Waals surface area contributed by atoms with Crippen molar-refractivity contribution in [1.82, 2.24) is 0 Å². The number of nitro groups is 1. The van der Waals surface area contributed by atoms with Crippen molar-refractivity contribution < 1.29 is 14.8 Å². The number of non-ortho nitro benzene ring substituents is 1. The van der Waals surface area contributed by atoms with Gasteiger partial charge in [-0.2, -0.15) is 0 Å². The van der Waals surface area contributed by atoms with E-state index in [1.54, 1.807) is 13.2 Å². The molecule has 7 heteroatoms. The first-order valence-electron chi connectivity index (χ1n) is 5.48. The van der Waals surface area contributed by atoms with Crippen LogP contribution in [-0.4, -0.2) is 36.4 Å². The Hall–Kier alpha value is -1.86. The molecule has 0 aliphatic rings. The lowest BCUT2D eigenvalue weighted by Gasteiger charge is -2.19. The molecular weight excluding hydrogens is 238 g/mol. The van der Waals surface area contributed by atoms with Crippen LogP contribution in [0.15, 0.2) is 18.2 Å². The van der Waals surface area contributed by atoms with Gasteiger partial charge in [0.15, 0.2) is 0 Å². The van der Waals surface area contributed by atoms with E-state index in [1.165, 1.54) is 12.1 Å². The van der Waals surface area contributed by atoms with Gasteiger partial charge >= 0.3 is 0 Å². The summed E-state index contributed by atoms with van der Waals surface area (Å²) >= 11 is 0. The van der Waals surface area contributed by atoms with Crippen LogP contribution in [0.4, 0.5) is 17.1 Å². The number of nitrogens with two attached hydrogens (primary N) is 1. The lowest BCUT2D eigenvalue weighted by atomic mass is 10.2. The summed E-state index contributed by atoms with van der Waals surface area (Å²) in [7, 11) is 1.56. The molecule has 1 unspecified atom stereocenters. The smallest absolute Gasteiger partial charge is 0.271 e. The minimum absolute atomic E-state index is 0.0217. The Morgan fingerprint density at radius 2 is 2.33 bits per heavy atom. The summed E-state index contributed by atoms with van der Waals surface area (Å²) in [5.41, 5.74) is 6.57. The number of hydrogen-bond acceptors (Lipinski definition) is 6. The Morgan fingerprint density at radius 3 is 2.83 bits per heavy atom. The van der Waals surface area contributed by atoms with Crippen LogP contribution in [-0.2, 0) is 4.74 Å². The zero-order valence-corrected chi connectivity index (χ0v) is 10.1. The molecule has 18 heavy (non-hydrogen) atoms. The van der Waals surface area contributed by atoms with Gasteiger partial charge in [-0.1, -0.05) is 0 Å². The van der Waals surface area contributed by atoms with Gasteiger partial charge in [0.1, 0.15) is 0 Å². The normalized spacial score (nSPS) is 12.1. The minimum atomic E-state index is -0.500. The molecule has 1 aromatic carbocycles. The minimum Gasteiger partial charge on any atom is -0.397 e. The van der Waals surface area contributed by atoms with Gasteiger partial charge in [0, 0.05) is 25.8 Å². The van der Waals surface area contributed by atoms with Crippen molar-refractivity contribution in [1.29, 1.82) is 0 Å². The number of ether oxygens (including phenoxy) is 1. The number of anilines is 2. The van der Waals surface area contributed by atoms with E-state index in [4.69, 9.17) is 15.6 Å². The Balaban J connectivity index is 2.79. The fraction of sp³-hybridized carbons (Fsp3) is 0.455. The first kappa shape index (κ1) is 14.2. The van der Waals surface area contributed by atoms with Gasteiger partial charge in [-0.15, -0.1) is 0 Å². The molecule has 0 radical (unpaired) electrons. The Kier molecular flexibility index (Phi) is 5.34. The van der Waals surface area contributed by atoms with Gasteiger partial charge in [0.2, 0.25) is 0 Å². The van der Waals surface area contributed by atoms with Crippen LogP contribution in [0.3, 0.4) is 0 Å². The Morgan fingerprint density at radius 1 is 1.61 bits per heavy atom. The highest BCUT2D eigenvalue weighted by Crippen LogP contribution is 2.25. The first-order chi connectivity index (χ1) is 8.58. The molecule has 0 aromatic heterocycles. The molecule has 0 heterocycles. The fourth-order valence-electron chi connectivity index (χ4n) is 1.57. The molecule has 0 aliphatic heterocycles. The Labute approximate surface area is 105 Å². The zero-order valence-electron chi connectivity index (χ0n) is 10.1. The number of aliphatic hydroxyl groups is 1. The molecule has 0 fully saturated rings. The van der Waals surface area contributed by atoms with E-state index in [9.17, 15) is 10.1 Å². The molecular formula is C11H17N3O4. The number of rotatable bonds is 7. The number of aliphatic hydroxyl groups excluding tert-OH is 1. The van der Waals surface area contributed by atoms with Gasteiger partial charge < -0.3 is 20.9 Å². The van der Waals surface area contributed by atoms with E-state index in [0.717, 1.165) is 0 Å². The van der Waals surface area contributed by atoms with Gasteiger partial charge in [-0.3, -0.25) is 10.1 Å². The van der Waals surface area contributed by atoms with Gasteiger partial charge in [0.25, 0.3) is 5.69 Å². The van der Waals surface area contributed by atoms with Crippen molar-refractivity contribution in [2.75, 3.05) is 31.4 Å². The van der Waals surface area contributed by atoms with E-state index in [0.29, 0.717) is 24.4 Å². The van der Waals surface area contributed by atoms with E-state index >= 15 is 0 Å². The maximum Gasteiger partial charge on any atom is 0.271 e. The van der Waals surface area contributed by atoms with Gasteiger partial charge in [-0.05, 0) is 12.5 Å². The molecule has 1 aromatic rings. The molecule has 1 atom stereocenters. The zero-order chi connectivity index (χ0) is 13.5. The van der Waals surface area contributed by atoms with Crippen molar-refractivity contribution >= 4 is 17.1 Å². The van der Waals surface area contributed by atoms with Crippen LogP contribution in [0.1, 0.15) is 6.42 Å². The summed E-state index contributed by atoms with van der Waals surface area (Å²) in [5.74, 6) is 0. The third-order valence-electron chi connectivity index (χ3n) is 2.45. The number of benzene rings is 1. The van der Waals surface area contributed by atoms with Crippen molar-refractivity contribution in [3.63, 3.8) is 0 Å². The lowest BCUT2D eigenvalue weighted by Crippen LogP contribution is -2.26. The number of nitrogens with one attached hydrogen (secondary N) is 1. The topological polar surface area (TPSA) is 111 Å². The predicted molar refractivity (Wildman–Crippen MR) is 68.5 cm³/mol. The number of methoxy groups -OCH3 is 1. The second-order valence-corrected chi connectivity index (χ2v) is 3.84.